The fourth-order valence-corrected chi connectivity index (χ4v) is 2.74. The third-order valence-corrected chi connectivity index (χ3v) is 4.22. The second-order valence-electron chi connectivity index (χ2n) is 3.24. The van der Waals surface area contributed by atoms with E-state index in [4.69, 9.17) is 0 Å². The van der Waals surface area contributed by atoms with Crippen molar-refractivity contribution in [3.63, 3.8) is 0 Å². The van der Waals surface area contributed by atoms with Crippen molar-refractivity contribution in [1.29, 1.82) is 0 Å². The average Bonchev–Trinajstić information content (AvgIpc) is 2.29. The summed E-state index contributed by atoms with van der Waals surface area (Å²) >= 11 is 0. The third kappa shape index (κ3) is 1.73. The summed E-state index contributed by atoms with van der Waals surface area (Å²) in [6, 6.07) is 0. The van der Waals surface area contributed by atoms with Crippen molar-refractivity contribution in [2.45, 2.75) is 27.7 Å². The monoisotopic (exact) mass is 196 g/mol. The Kier molecular flexibility index (Phi) is 2.72. The van der Waals surface area contributed by atoms with E-state index in [1.54, 1.807) is 13.8 Å². The second kappa shape index (κ2) is 3.47. The number of hydrogen-bond donors (Lipinski definition) is 0. The lowest BCUT2D eigenvalue weighted by molar-refractivity contribution is 0.101. The maximum Gasteiger partial charge on any atom is 0.163 e. The Morgan fingerprint density at radius 3 is 1.38 bits per heavy atom. The lowest BCUT2D eigenvalue weighted by atomic mass is 10.1. The van der Waals surface area contributed by atoms with Crippen LogP contribution in [0.4, 0.5) is 0 Å². The van der Waals surface area contributed by atoms with Crippen molar-refractivity contribution < 1.29 is 9.59 Å². The molecule has 0 bridgehead atoms. The molecule has 2 nitrogen and oxygen atoms in total. The fraction of sp³-hybridized carbons (Fsp3) is 0.400. The molecule has 0 unspecified atom stereocenters. The van der Waals surface area contributed by atoms with E-state index in [0.29, 0.717) is 0 Å². The van der Waals surface area contributed by atoms with Crippen LogP contribution in [-0.2, 0) is 0 Å². The Labute approximate surface area is 79.4 Å². The Hall–Kier alpha value is -0.880. The highest BCUT2D eigenvalue weighted by Gasteiger charge is 2.15. The Morgan fingerprint density at radius 2 is 1.23 bits per heavy atom. The van der Waals surface area contributed by atoms with Gasteiger partial charge in [-0.25, -0.2) is 0 Å². The highest BCUT2D eigenvalue weighted by Crippen LogP contribution is 2.32. The zero-order chi connectivity index (χ0) is 10.2. The van der Waals surface area contributed by atoms with Crippen molar-refractivity contribution in [1.82, 2.24) is 0 Å². The van der Waals surface area contributed by atoms with Crippen LogP contribution in [0.1, 0.15) is 45.2 Å². The molecule has 1 rings (SSSR count). The van der Waals surface area contributed by atoms with Crippen LogP contribution in [0.25, 0.3) is 0 Å². The van der Waals surface area contributed by atoms with Gasteiger partial charge in [0, 0.05) is 10.6 Å². The first-order valence-corrected chi connectivity index (χ1v) is 5.16. The zero-order valence-corrected chi connectivity index (χ0v) is 9.32. The number of hydrogen-bond acceptors (Lipinski definition) is 2. The topological polar surface area (TPSA) is 34.1 Å². The van der Waals surface area contributed by atoms with Crippen molar-refractivity contribution in [3.05, 3.63) is 21.7 Å². The predicted molar refractivity (Wildman–Crippen MR) is 55.4 cm³/mol. The van der Waals surface area contributed by atoms with Gasteiger partial charge in [0.05, 0.1) is 0 Å². The lowest BCUT2D eigenvalue weighted by Gasteiger charge is -1.93. The SMILES string of the molecule is CC(=O)c1[pH]c(C(C)=O)c(C)c1C. The summed E-state index contributed by atoms with van der Waals surface area (Å²) in [5.41, 5.74) is 1.99. The van der Waals surface area contributed by atoms with Gasteiger partial charge in [0.15, 0.2) is 11.6 Å². The average molecular weight is 196 g/mol. The molecule has 0 spiro atoms. The first kappa shape index (κ1) is 10.2. The van der Waals surface area contributed by atoms with E-state index < -0.39 is 0 Å². The van der Waals surface area contributed by atoms with Gasteiger partial charge in [-0.2, -0.15) is 0 Å². The summed E-state index contributed by atoms with van der Waals surface area (Å²) in [6.07, 6.45) is 0. The molecule has 0 aliphatic rings. The van der Waals surface area contributed by atoms with Crippen LogP contribution >= 0.6 is 8.19 Å². The molecule has 1 heterocycles. The molecule has 3 heteroatoms. The number of carbonyl (C=O) groups is 2. The van der Waals surface area contributed by atoms with Crippen LogP contribution in [0.2, 0.25) is 0 Å². The van der Waals surface area contributed by atoms with E-state index in [1.165, 1.54) is 0 Å². The molecule has 0 radical (unpaired) electrons. The van der Waals surface area contributed by atoms with E-state index >= 15 is 0 Å². The maximum absolute atomic E-state index is 11.2. The van der Waals surface area contributed by atoms with Gasteiger partial charge in [-0.15, -0.1) is 8.19 Å². The highest BCUT2D eigenvalue weighted by atomic mass is 31.0. The number of Topliss-reactive ketones (excluding diaryl/α,β-unsaturated/α-hetero) is 2. The Morgan fingerprint density at radius 1 is 0.923 bits per heavy atom. The molecular formula is C10H13O2P. The largest absolute Gasteiger partial charge is 0.294 e. The molecule has 0 atom stereocenters. The van der Waals surface area contributed by atoms with Crippen molar-refractivity contribution >= 4 is 19.8 Å². The first-order chi connectivity index (χ1) is 5.95. The minimum atomic E-state index is 0.0893. The van der Waals surface area contributed by atoms with Crippen LogP contribution in [0.5, 0.6) is 0 Å². The molecule has 1 aromatic heterocycles. The fourth-order valence-electron chi connectivity index (χ4n) is 1.39. The summed E-state index contributed by atoms with van der Waals surface area (Å²) in [5.74, 6) is 0.179. The van der Waals surface area contributed by atoms with E-state index in [0.717, 1.165) is 21.7 Å². The molecule has 0 saturated heterocycles. The minimum absolute atomic E-state index is 0.0893. The number of carbonyl (C=O) groups excluding carboxylic acids is 2. The molecule has 0 fully saturated rings. The summed E-state index contributed by atoms with van der Waals surface area (Å²) in [4.78, 5) is 22.4. The van der Waals surface area contributed by atoms with Gasteiger partial charge in [0.2, 0.25) is 0 Å². The number of rotatable bonds is 2. The Bertz CT molecular complexity index is 340. The van der Waals surface area contributed by atoms with Crippen LogP contribution < -0.4 is 0 Å². The van der Waals surface area contributed by atoms with Crippen molar-refractivity contribution in [2.24, 2.45) is 0 Å². The summed E-state index contributed by atoms with van der Waals surface area (Å²) in [7, 11) is 0.272. The van der Waals surface area contributed by atoms with Gasteiger partial charge in [0.25, 0.3) is 0 Å². The van der Waals surface area contributed by atoms with E-state index in [2.05, 4.69) is 0 Å². The van der Waals surface area contributed by atoms with Crippen LogP contribution in [-0.4, -0.2) is 11.6 Å². The minimum Gasteiger partial charge on any atom is -0.294 e. The van der Waals surface area contributed by atoms with Gasteiger partial charge in [-0.3, -0.25) is 9.59 Å². The normalized spacial score (nSPS) is 10.2. The van der Waals surface area contributed by atoms with Gasteiger partial charge in [0.1, 0.15) is 0 Å². The highest BCUT2D eigenvalue weighted by molar-refractivity contribution is 7.35. The molecule has 70 valence electrons. The molecule has 0 aromatic carbocycles. The lowest BCUT2D eigenvalue weighted by Crippen LogP contribution is -1.91. The van der Waals surface area contributed by atoms with E-state index in [9.17, 15) is 9.59 Å². The Balaban J connectivity index is 3.36. The van der Waals surface area contributed by atoms with Crippen LogP contribution in [0.3, 0.4) is 0 Å². The smallest absolute Gasteiger partial charge is 0.163 e. The number of ketones is 2. The maximum atomic E-state index is 11.2. The molecule has 13 heavy (non-hydrogen) atoms. The van der Waals surface area contributed by atoms with Gasteiger partial charge in [-0.05, 0) is 38.8 Å². The molecule has 0 aliphatic carbocycles. The molecule has 0 N–H and O–H groups in total. The second-order valence-corrected chi connectivity index (χ2v) is 4.49. The molecule has 0 amide bonds. The standard InChI is InChI=1S/C10H13O2P/c1-5-6(2)10(8(4)12)13-9(5)7(3)11/h13H,1-4H3. The predicted octanol–water partition coefficient (Wildman–Crippen LogP) is 2.74. The van der Waals surface area contributed by atoms with Crippen molar-refractivity contribution in [3.8, 4) is 0 Å². The van der Waals surface area contributed by atoms with E-state index in [-0.39, 0.29) is 19.8 Å². The van der Waals surface area contributed by atoms with E-state index in [1.807, 2.05) is 13.8 Å². The molecule has 0 aliphatic heterocycles. The quantitative estimate of drug-likeness (QED) is 0.681. The van der Waals surface area contributed by atoms with Gasteiger partial charge in [-0.1, -0.05) is 0 Å². The summed E-state index contributed by atoms with van der Waals surface area (Å²) in [6.45, 7) is 6.94. The zero-order valence-electron chi connectivity index (χ0n) is 8.32. The van der Waals surface area contributed by atoms with Gasteiger partial charge < -0.3 is 0 Å². The molecule has 1 aromatic rings. The molecule has 0 saturated carbocycles. The summed E-state index contributed by atoms with van der Waals surface area (Å²) in [5, 5.41) is 1.64. The van der Waals surface area contributed by atoms with Crippen LogP contribution in [0, 0.1) is 13.8 Å². The third-order valence-electron chi connectivity index (χ3n) is 2.27. The van der Waals surface area contributed by atoms with Crippen LogP contribution in [0.15, 0.2) is 0 Å². The van der Waals surface area contributed by atoms with Gasteiger partial charge >= 0.3 is 0 Å². The first-order valence-electron chi connectivity index (χ1n) is 4.16. The summed E-state index contributed by atoms with van der Waals surface area (Å²) < 4.78 is 0. The molecular weight excluding hydrogens is 183 g/mol. The van der Waals surface area contributed by atoms with Crippen molar-refractivity contribution in [2.75, 3.05) is 0 Å².